The van der Waals surface area contributed by atoms with E-state index < -0.39 is 0 Å². The lowest BCUT2D eigenvalue weighted by atomic mass is 10.0. The van der Waals surface area contributed by atoms with E-state index in [-0.39, 0.29) is 29.8 Å². The fourth-order valence-electron chi connectivity index (χ4n) is 2.84. The van der Waals surface area contributed by atoms with Crippen LogP contribution in [0.15, 0.2) is 39.8 Å². The largest absolute Gasteiger partial charge is 0.354 e. The number of nitrogens with one attached hydrogen (secondary N) is 2. The van der Waals surface area contributed by atoms with Crippen LogP contribution in [0, 0.1) is 5.82 Å². The van der Waals surface area contributed by atoms with E-state index in [1.54, 1.807) is 13.1 Å². The lowest BCUT2D eigenvalue weighted by Gasteiger charge is -2.33. The Morgan fingerprint density at radius 2 is 2.08 bits per heavy atom. The van der Waals surface area contributed by atoms with Gasteiger partial charge in [-0.2, -0.15) is 0 Å². The van der Waals surface area contributed by atoms with Gasteiger partial charge in [-0.3, -0.25) is 9.89 Å². The topological polar surface area (TPSA) is 39.7 Å². The zero-order valence-corrected chi connectivity index (χ0v) is 18.7. The monoisotopic (exact) mass is 524 g/mol. The van der Waals surface area contributed by atoms with E-state index in [1.807, 2.05) is 6.07 Å². The van der Waals surface area contributed by atoms with Crippen molar-refractivity contribution in [2.24, 2.45) is 4.99 Å². The number of aliphatic imine (C=N–C) groups is 1. The highest BCUT2D eigenvalue weighted by Gasteiger charge is 2.19. The van der Waals surface area contributed by atoms with Gasteiger partial charge in [-0.1, -0.05) is 18.2 Å². The highest BCUT2D eigenvalue weighted by atomic mass is 127. The van der Waals surface area contributed by atoms with Crippen LogP contribution in [0.2, 0.25) is 0 Å². The first-order valence-electron chi connectivity index (χ1n) is 8.25. The molecule has 0 aromatic heterocycles. The van der Waals surface area contributed by atoms with Crippen molar-refractivity contribution in [1.29, 1.82) is 0 Å². The Hall–Kier alpha value is -0.670. The van der Waals surface area contributed by atoms with Crippen LogP contribution in [-0.2, 0) is 6.54 Å². The summed E-state index contributed by atoms with van der Waals surface area (Å²) in [7, 11) is 1.76. The molecule has 2 N–H and O–H groups in total. The Bertz CT molecular complexity index is 601. The molecule has 0 aliphatic carbocycles. The molecule has 0 radical (unpaired) electrons. The van der Waals surface area contributed by atoms with Gasteiger partial charge in [0.25, 0.3) is 0 Å². The van der Waals surface area contributed by atoms with Crippen LogP contribution in [-0.4, -0.2) is 43.6 Å². The number of rotatable bonds is 5. The van der Waals surface area contributed by atoms with E-state index in [0.717, 1.165) is 44.0 Å². The number of piperidine rings is 1. The second-order valence-corrected chi connectivity index (χ2v) is 7.18. The summed E-state index contributed by atoms with van der Waals surface area (Å²) in [6.07, 6.45) is 2.17. The van der Waals surface area contributed by atoms with Gasteiger partial charge in [0.05, 0.1) is 4.47 Å². The van der Waals surface area contributed by atoms with E-state index in [2.05, 4.69) is 50.0 Å². The zero-order chi connectivity index (χ0) is 17.5. The fourth-order valence-corrected chi connectivity index (χ4v) is 3.09. The van der Waals surface area contributed by atoms with Crippen molar-refractivity contribution < 1.29 is 4.39 Å². The van der Waals surface area contributed by atoms with Crippen molar-refractivity contribution in [3.05, 3.63) is 46.2 Å². The summed E-state index contributed by atoms with van der Waals surface area (Å²) in [5, 5.41) is 6.71. The molecule has 4 nitrogen and oxygen atoms in total. The molecule has 1 heterocycles. The van der Waals surface area contributed by atoms with Gasteiger partial charge in [0.2, 0.25) is 0 Å². The molecule has 1 aliphatic heterocycles. The predicted octanol–water partition coefficient (Wildman–Crippen LogP) is 3.91. The van der Waals surface area contributed by atoms with Gasteiger partial charge in [-0.05, 0) is 53.4 Å². The second-order valence-electron chi connectivity index (χ2n) is 6.33. The average Bonchev–Trinajstić information content (AvgIpc) is 2.55. The molecule has 1 fully saturated rings. The number of likely N-dealkylation sites (tertiary alicyclic amines) is 1. The Labute approximate surface area is 175 Å². The standard InChI is InChI=1S/C18H26BrFN4.HI/c1-13(2)12-24-8-6-15(7-9-24)23-18(21-3)22-11-14-4-5-16(19)17(20)10-14;/h4-5,10,15H,1,6-9,11-12H2,2-3H3,(H2,21,22,23);1H. The van der Waals surface area contributed by atoms with E-state index in [4.69, 9.17) is 0 Å². The number of hydrogen-bond acceptors (Lipinski definition) is 2. The molecule has 0 bridgehead atoms. The fraction of sp³-hybridized carbons (Fsp3) is 0.500. The summed E-state index contributed by atoms with van der Waals surface area (Å²) in [4.78, 5) is 6.70. The molecule has 0 saturated carbocycles. The molecule has 0 amide bonds. The minimum atomic E-state index is -0.248. The summed E-state index contributed by atoms with van der Waals surface area (Å²) >= 11 is 3.17. The first-order valence-corrected chi connectivity index (χ1v) is 9.05. The Balaban J connectivity index is 0.00000312. The summed E-state index contributed by atoms with van der Waals surface area (Å²) in [5.74, 6) is 0.513. The van der Waals surface area contributed by atoms with E-state index in [0.29, 0.717) is 17.1 Å². The van der Waals surface area contributed by atoms with Gasteiger partial charge in [-0.15, -0.1) is 24.0 Å². The quantitative estimate of drug-likeness (QED) is 0.265. The zero-order valence-electron chi connectivity index (χ0n) is 14.8. The van der Waals surface area contributed by atoms with Gasteiger partial charge in [0.15, 0.2) is 5.96 Å². The third-order valence-electron chi connectivity index (χ3n) is 4.09. The van der Waals surface area contributed by atoms with Crippen LogP contribution in [0.4, 0.5) is 4.39 Å². The predicted molar refractivity (Wildman–Crippen MR) is 117 cm³/mol. The SMILES string of the molecule is C=C(C)CN1CCC(NC(=NC)NCc2ccc(Br)c(F)c2)CC1.I. The van der Waals surface area contributed by atoms with Crippen molar-refractivity contribution in [3.63, 3.8) is 0 Å². The first kappa shape index (κ1) is 22.4. The Morgan fingerprint density at radius 3 is 2.64 bits per heavy atom. The third kappa shape index (κ3) is 7.62. The molecule has 7 heteroatoms. The van der Waals surface area contributed by atoms with Gasteiger partial charge >= 0.3 is 0 Å². The summed E-state index contributed by atoms with van der Waals surface area (Å²) in [6, 6.07) is 5.56. The smallest absolute Gasteiger partial charge is 0.191 e. The van der Waals surface area contributed by atoms with Crippen LogP contribution < -0.4 is 10.6 Å². The molecular weight excluding hydrogens is 498 g/mol. The van der Waals surface area contributed by atoms with Crippen molar-refractivity contribution in [2.45, 2.75) is 32.4 Å². The minimum absolute atomic E-state index is 0. The van der Waals surface area contributed by atoms with Crippen LogP contribution in [0.25, 0.3) is 0 Å². The van der Waals surface area contributed by atoms with E-state index >= 15 is 0 Å². The lowest BCUT2D eigenvalue weighted by molar-refractivity contribution is 0.221. The number of halogens is 3. The summed E-state index contributed by atoms with van der Waals surface area (Å²) in [6.45, 7) is 9.71. The molecule has 1 aliphatic rings. The second kappa shape index (κ2) is 11.1. The van der Waals surface area contributed by atoms with Crippen LogP contribution in [0.5, 0.6) is 0 Å². The summed E-state index contributed by atoms with van der Waals surface area (Å²) < 4.78 is 14.0. The summed E-state index contributed by atoms with van der Waals surface area (Å²) in [5.41, 5.74) is 2.09. The maximum atomic E-state index is 13.6. The van der Waals surface area contributed by atoms with Crippen molar-refractivity contribution >= 4 is 45.9 Å². The van der Waals surface area contributed by atoms with E-state index in [1.165, 1.54) is 11.6 Å². The van der Waals surface area contributed by atoms with Gasteiger partial charge < -0.3 is 10.6 Å². The molecular formula is C18H27BrFIN4. The number of benzene rings is 1. The van der Waals surface area contributed by atoms with E-state index in [9.17, 15) is 4.39 Å². The van der Waals surface area contributed by atoms with Crippen LogP contribution >= 0.6 is 39.9 Å². The van der Waals surface area contributed by atoms with Crippen molar-refractivity contribution in [3.8, 4) is 0 Å². The molecule has 0 atom stereocenters. The molecule has 2 rings (SSSR count). The number of nitrogens with zero attached hydrogens (tertiary/aromatic N) is 2. The highest BCUT2D eigenvalue weighted by Crippen LogP contribution is 2.16. The van der Waals surface area contributed by atoms with Crippen molar-refractivity contribution in [1.82, 2.24) is 15.5 Å². The number of hydrogen-bond donors (Lipinski definition) is 2. The Morgan fingerprint density at radius 1 is 1.40 bits per heavy atom. The minimum Gasteiger partial charge on any atom is -0.354 e. The normalized spacial score (nSPS) is 16.2. The highest BCUT2D eigenvalue weighted by molar-refractivity contribution is 14.0. The van der Waals surface area contributed by atoms with Gasteiger partial charge in [0, 0.05) is 39.3 Å². The van der Waals surface area contributed by atoms with Crippen LogP contribution in [0.3, 0.4) is 0 Å². The Kier molecular flexibility index (Phi) is 9.96. The van der Waals surface area contributed by atoms with Gasteiger partial charge in [0.1, 0.15) is 5.82 Å². The first-order chi connectivity index (χ1) is 11.5. The molecule has 140 valence electrons. The molecule has 1 saturated heterocycles. The van der Waals surface area contributed by atoms with Crippen LogP contribution in [0.1, 0.15) is 25.3 Å². The molecule has 25 heavy (non-hydrogen) atoms. The van der Waals surface area contributed by atoms with Gasteiger partial charge in [-0.25, -0.2) is 4.39 Å². The third-order valence-corrected chi connectivity index (χ3v) is 4.73. The number of guanidine groups is 1. The maximum Gasteiger partial charge on any atom is 0.191 e. The molecule has 0 unspecified atom stereocenters. The molecule has 1 aromatic carbocycles. The molecule has 0 spiro atoms. The van der Waals surface area contributed by atoms with Crippen molar-refractivity contribution in [2.75, 3.05) is 26.7 Å². The maximum absolute atomic E-state index is 13.6. The molecule has 1 aromatic rings. The average molecular weight is 525 g/mol. The lowest BCUT2D eigenvalue weighted by Crippen LogP contribution is -2.48.